The van der Waals surface area contributed by atoms with Crippen molar-refractivity contribution in [2.24, 2.45) is 5.92 Å². The molecule has 146 valence electrons. The van der Waals surface area contributed by atoms with Crippen LogP contribution in [0.25, 0.3) is 11.3 Å². The van der Waals surface area contributed by atoms with Gasteiger partial charge in [0.05, 0.1) is 5.69 Å². The van der Waals surface area contributed by atoms with Crippen LogP contribution in [-0.2, 0) is 6.42 Å². The third kappa shape index (κ3) is 4.71. The van der Waals surface area contributed by atoms with Gasteiger partial charge in [0.2, 0.25) is 0 Å². The number of benzene rings is 2. The monoisotopic (exact) mass is 430 g/mol. The van der Waals surface area contributed by atoms with Crippen molar-refractivity contribution >= 4 is 39.7 Å². The van der Waals surface area contributed by atoms with E-state index in [1.165, 1.54) is 37.0 Å². The van der Waals surface area contributed by atoms with Gasteiger partial charge in [0, 0.05) is 33.5 Å². The lowest BCUT2D eigenvalue weighted by molar-refractivity contribution is 0.373. The topological polar surface area (TPSA) is 24.9 Å². The second kappa shape index (κ2) is 9.30. The van der Waals surface area contributed by atoms with Gasteiger partial charge in [-0.15, -0.1) is 11.3 Å². The Labute approximate surface area is 180 Å². The van der Waals surface area contributed by atoms with E-state index in [1.54, 1.807) is 11.3 Å². The summed E-state index contributed by atoms with van der Waals surface area (Å²) in [5.41, 5.74) is 3.11. The average Bonchev–Trinajstić information content (AvgIpc) is 3.14. The predicted octanol–water partition coefficient (Wildman–Crippen LogP) is 7.70. The Kier molecular flexibility index (Phi) is 6.56. The summed E-state index contributed by atoms with van der Waals surface area (Å²) < 4.78 is 0. The maximum atomic E-state index is 6.43. The minimum atomic E-state index is 0.686. The first-order valence-electron chi connectivity index (χ1n) is 9.92. The Morgan fingerprint density at radius 2 is 1.64 bits per heavy atom. The largest absolute Gasteiger partial charge is 0.361 e. The van der Waals surface area contributed by atoms with Crippen LogP contribution in [0.1, 0.15) is 42.5 Å². The molecule has 0 aliphatic heterocycles. The molecule has 1 saturated carbocycles. The van der Waals surface area contributed by atoms with Gasteiger partial charge in [-0.1, -0.05) is 78.9 Å². The molecule has 2 aromatic carbocycles. The number of hydrogen-bond donors (Lipinski definition) is 1. The Morgan fingerprint density at radius 1 is 0.929 bits per heavy atom. The molecule has 5 heteroatoms. The highest BCUT2D eigenvalue weighted by molar-refractivity contribution is 7.16. The van der Waals surface area contributed by atoms with Crippen molar-refractivity contribution in [2.45, 2.75) is 38.5 Å². The average molecular weight is 431 g/mol. The van der Waals surface area contributed by atoms with Gasteiger partial charge >= 0.3 is 0 Å². The Balaban J connectivity index is 1.61. The van der Waals surface area contributed by atoms with Crippen LogP contribution in [0.15, 0.2) is 48.5 Å². The number of hydrogen-bond acceptors (Lipinski definition) is 3. The number of anilines is 1. The second-order valence-electron chi connectivity index (χ2n) is 7.42. The van der Waals surface area contributed by atoms with Crippen LogP contribution in [0.2, 0.25) is 10.0 Å². The third-order valence-electron chi connectivity index (χ3n) is 5.41. The molecule has 2 nitrogen and oxygen atoms in total. The summed E-state index contributed by atoms with van der Waals surface area (Å²) in [7, 11) is 0. The maximum Gasteiger partial charge on any atom is 0.183 e. The van der Waals surface area contributed by atoms with Crippen LogP contribution in [0.3, 0.4) is 0 Å². The molecule has 0 unspecified atom stereocenters. The minimum absolute atomic E-state index is 0.686. The summed E-state index contributed by atoms with van der Waals surface area (Å²) in [6.45, 7) is 1.01. The minimum Gasteiger partial charge on any atom is -0.361 e. The lowest BCUT2D eigenvalue weighted by Crippen LogP contribution is -2.16. The van der Waals surface area contributed by atoms with Crippen molar-refractivity contribution in [1.29, 1.82) is 0 Å². The molecule has 0 spiro atoms. The zero-order chi connectivity index (χ0) is 19.3. The van der Waals surface area contributed by atoms with Crippen LogP contribution < -0.4 is 5.32 Å². The molecule has 1 aliphatic rings. The Hall–Kier alpha value is -1.55. The summed E-state index contributed by atoms with van der Waals surface area (Å²) in [5, 5.41) is 6.00. The van der Waals surface area contributed by atoms with Crippen molar-refractivity contribution < 1.29 is 0 Å². The molecule has 0 amide bonds. The molecule has 3 aromatic rings. The summed E-state index contributed by atoms with van der Waals surface area (Å²) in [6.07, 6.45) is 7.43. The lowest BCUT2D eigenvalue weighted by atomic mass is 9.89. The van der Waals surface area contributed by atoms with Crippen LogP contribution in [-0.4, -0.2) is 11.5 Å². The molecule has 1 heterocycles. The first kappa shape index (κ1) is 19.8. The quantitative estimate of drug-likeness (QED) is 0.433. The van der Waals surface area contributed by atoms with E-state index < -0.39 is 0 Å². The Bertz CT molecular complexity index is 897. The smallest absolute Gasteiger partial charge is 0.183 e. The molecule has 1 N–H and O–H groups in total. The summed E-state index contributed by atoms with van der Waals surface area (Å²) in [6, 6.07) is 16.0. The highest BCUT2D eigenvalue weighted by atomic mass is 35.5. The molecular weight excluding hydrogens is 407 g/mol. The van der Waals surface area contributed by atoms with E-state index in [4.69, 9.17) is 28.2 Å². The van der Waals surface area contributed by atoms with E-state index in [1.807, 2.05) is 24.3 Å². The van der Waals surface area contributed by atoms with Gasteiger partial charge in [-0.3, -0.25) is 0 Å². The van der Waals surface area contributed by atoms with Crippen molar-refractivity contribution in [1.82, 2.24) is 4.98 Å². The van der Waals surface area contributed by atoms with Gasteiger partial charge in [0.25, 0.3) is 0 Å². The summed E-state index contributed by atoms with van der Waals surface area (Å²) in [5.74, 6) is 0.763. The van der Waals surface area contributed by atoms with Crippen molar-refractivity contribution in [3.8, 4) is 11.3 Å². The van der Waals surface area contributed by atoms with Crippen LogP contribution in [0, 0.1) is 5.92 Å². The molecule has 0 atom stereocenters. The van der Waals surface area contributed by atoms with E-state index in [0.29, 0.717) is 16.5 Å². The summed E-state index contributed by atoms with van der Waals surface area (Å²) in [4.78, 5) is 6.13. The number of nitrogens with zero attached hydrogens (tertiary/aromatic N) is 1. The van der Waals surface area contributed by atoms with Crippen LogP contribution in [0.5, 0.6) is 0 Å². The standard InChI is InChI=1S/C23H24Cl2N2S/c24-19-12-7-13-20(25)18(19)14-21-22(17-10-5-2-6-11-17)27-23(28-21)26-15-16-8-3-1-4-9-16/h2,5-7,10-13,16H,1,3-4,8-9,14-15H2,(H,26,27). The molecule has 0 bridgehead atoms. The van der Waals surface area contributed by atoms with Gasteiger partial charge in [-0.2, -0.15) is 0 Å². The van der Waals surface area contributed by atoms with Gasteiger partial charge in [0.1, 0.15) is 0 Å². The summed E-state index contributed by atoms with van der Waals surface area (Å²) >= 11 is 14.6. The number of nitrogens with one attached hydrogen (secondary N) is 1. The fourth-order valence-corrected chi connectivity index (χ4v) is 5.39. The fraction of sp³-hybridized carbons (Fsp3) is 0.348. The molecule has 1 fully saturated rings. The van der Waals surface area contributed by atoms with Crippen molar-refractivity contribution in [3.63, 3.8) is 0 Å². The van der Waals surface area contributed by atoms with Crippen LogP contribution in [0.4, 0.5) is 5.13 Å². The van der Waals surface area contributed by atoms with E-state index in [0.717, 1.165) is 34.4 Å². The van der Waals surface area contributed by atoms with Gasteiger partial charge in [0.15, 0.2) is 5.13 Å². The first-order chi connectivity index (χ1) is 13.7. The molecular formula is C23H24Cl2N2S. The first-order valence-corrected chi connectivity index (χ1v) is 11.5. The molecule has 1 aliphatic carbocycles. The van der Waals surface area contributed by atoms with Crippen molar-refractivity contribution in [3.05, 3.63) is 69.0 Å². The van der Waals surface area contributed by atoms with E-state index >= 15 is 0 Å². The third-order valence-corrected chi connectivity index (χ3v) is 7.13. The van der Waals surface area contributed by atoms with Crippen molar-refractivity contribution in [2.75, 3.05) is 11.9 Å². The fourth-order valence-electron chi connectivity index (χ4n) is 3.85. The number of thiazole rings is 1. The van der Waals surface area contributed by atoms with E-state index in [-0.39, 0.29) is 0 Å². The number of rotatable bonds is 6. The SMILES string of the molecule is Clc1cccc(Cl)c1Cc1sc(NCC2CCCCC2)nc1-c1ccccc1. The molecule has 0 saturated heterocycles. The highest BCUT2D eigenvalue weighted by Gasteiger charge is 2.18. The second-order valence-corrected chi connectivity index (χ2v) is 9.32. The highest BCUT2D eigenvalue weighted by Crippen LogP contribution is 2.36. The number of halogens is 2. The lowest BCUT2D eigenvalue weighted by Gasteiger charge is -2.21. The predicted molar refractivity (Wildman–Crippen MR) is 122 cm³/mol. The van der Waals surface area contributed by atoms with Gasteiger partial charge in [-0.25, -0.2) is 4.98 Å². The van der Waals surface area contributed by atoms with E-state index in [2.05, 4.69) is 29.6 Å². The zero-order valence-electron chi connectivity index (χ0n) is 15.8. The molecule has 4 rings (SSSR count). The molecule has 1 aromatic heterocycles. The van der Waals surface area contributed by atoms with E-state index in [9.17, 15) is 0 Å². The van der Waals surface area contributed by atoms with Crippen LogP contribution >= 0.6 is 34.5 Å². The zero-order valence-corrected chi connectivity index (χ0v) is 18.1. The number of aromatic nitrogens is 1. The Morgan fingerprint density at radius 3 is 2.36 bits per heavy atom. The molecule has 0 radical (unpaired) electrons. The van der Waals surface area contributed by atoms with Gasteiger partial charge in [-0.05, 0) is 36.5 Å². The molecule has 28 heavy (non-hydrogen) atoms. The maximum absolute atomic E-state index is 6.43. The van der Waals surface area contributed by atoms with Gasteiger partial charge < -0.3 is 5.32 Å². The normalized spacial score (nSPS) is 14.9.